The molecule has 40 heteroatoms. The Morgan fingerprint density at radius 2 is 0.756 bits per heavy atom. The molecular weight excluding hydrogens is 4480 g/mol. The van der Waals surface area contributed by atoms with Crippen molar-refractivity contribution >= 4 is 76.9 Å². The summed E-state index contributed by atoms with van der Waals surface area (Å²) in [5.74, 6) is -12.3. The Hall–Kier alpha value is -23.5. The van der Waals surface area contributed by atoms with E-state index >= 15 is 0 Å². The van der Waals surface area contributed by atoms with Gasteiger partial charge in [0.25, 0.3) is 0 Å². The van der Waals surface area contributed by atoms with Crippen molar-refractivity contribution in [2.75, 3.05) is 20.8 Å². The molecule has 0 aromatic heterocycles. The Labute approximate surface area is 682 Å². The zero-order valence-corrected chi connectivity index (χ0v) is 145. The van der Waals surface area contributed by atoms with Gasteiger partial charge in [-0.15, -0.1) is 0 Å². The van der Waals surface area contributed by atoms with E-state index in [1.807, 2.05) is 115 Å². The molecule has 0 saturated heterocycles. The second-order valence-electron chi connectivity index (χ2n) is 19.7. The number of benzene rings is 5. The SMILES string of the molecule is C=C(C#N)C(=O)O[CH-]C.C=C(C(=O)O[CH-]C)C(F)(F)F.C=C(C(=O)O[CH-]C)c1ccccc1.C=C(Cc1ccccc1)C(=O)O[CH-]C.C=C(Cl)C(=O)O[CH-]C.C=C(F)C(=O)OC.C=C(F)C(=O)OC.C=C(F)C(=O)OC1CC[CH-]CC1.C=C(F)C(=O)OC[CH2-].C=[C-]C(=O)O[CH-]C.[CH3-].[CH3-].[Rf].[Rf].[Rf].[Rf].[Rf].[Rf].[Rf].[Rf].[Rf].[Rf].[Rf].c1ccc(-c2ccccc2)cc1.c1ccccc1. The van der Waals surface area contributed by atoms with Gasteiger partial charge in [-0.25, -0.2) is 43.2 Å². The molecule has 1 saturated carbocycles. The number of esters is 10. The standard InChI is InChI=1S/C12H13O2.C12H10.C11H11O2.C9H12FO2.C6H6F3O2.C6H6NO2.C6H6.C5H6ClO2.C5H6FO2.C5H6O2.2C4H5FO2.2CH3.11Rf/c1-3-14-12(13)10(2)9-11-7-5-4-6-8-11;1-3-7-11(8-4-1)12-9-5-2-6-10-12;1-3-13-11(12)9(2)10-7-5-4-6-8-10;1-7(10)9(11)12-8-5-3-2-4-6-8;1-3-11-5(10)4(2)6(7,8)9;1-3-9-6(8)5(2)4-7;1-2-4-6-5-3-1;2*1-3-8-5(7)4(2)6;1-3-5(6)7-4-2;2*1-3(5)4(6)7-2;;;;;;;;;;;;;/h3-8H,2,9H2,1H3;1-10H;3-8H,2H2,1H3;2,8H,1,3-6H2;3H,2H2,1H3;3H,2H2,1H3;1-6H;3H,2H2,1H3;1-3H2;4H,1H2,2H3;2*1H2,2H3;2*1H3;;;;;;;;;;;/q-1;;4*-1;;2*-1;-2;;;2*-1;;;;;;;;;;;. The fourth-order valence-corrected chi connectivity index (χ4v) is 6.19. The predicted octanol–water partition coefficient (Wildman–Crippen LogP) is 20.0. The van der Waals surface area contributed by atoms with Crippen LogP contribution in [-0.2, 0) is 102 Å². The Morgan fingerprint density at radius 3 is 1.02 bits per heavy atom. The van der Waals surface area contributed by atoms with E-state index in [1.54, 1.807) is 40.7 Å². The van der Waals surface area contributed by atoms with Crippen molar-refractivity contribution in [1.29, 1.82) is 5.26 Å². The summed E-state index contributed by atoms with van der Waals surface area (Å²) >= 11 is 5.12. The molecule has 660 valence electrons. The Balaban J connectivity index is -0.0000000589. The van der Waals surface area contributed by atoms with Crippen LogP contribution in [0.25, 0.3) is 16.7 Å². The van der Waals surface area contributed by atoms with Crippen LogP contribution < -0.4 is 0 Å². The van der Waals surface area contributed by atoms with Crippen LogP contribution in [0.4, 0.5) is 30.7 Å². The molecule has 1 aliphatic rings. The van der Waals surface area contributed by atoms with Crippen LogP contribution in [0.1, 0.15) is 78.4 Å². The van der Waals surface area contributed by atoms with Gasteiger partial charge in [-0.1, -0.05) is 229 Å². The van der Waals surface area contributed by atoms with E-state index in [0.717, 1.165) is 57.6 Å². The summed E-state index contributed by atoms with van der Waals surface area (Å²) in [6.45, 7) is 49.8. The van der Waals surface area contributed by atoms with Crippen molar-refractivity contribution < 1.29 is 126 Å². The molecule has 0 N–H and O–H groups in total. The van der Waals surface area contributed by atoms with Gasteiger partial charge in [-0.3, -0.25) is 11.4 Å². The summed E-state index contributed by atoms with van der Waals surface area (Å²) in [5, 5.41) is 7.96. The van der Waals surface area contributed by atoms with Gasteiger partial charge in [-0.05, 0) is 41.7 Å². The minimum absolute atomic E-state index is 0. The number of nitrogens with zero attached hydrogens (tertiary/aromatic N) is 1. The first-order chi connectivity index (χ1) is 53.8. The number of carbonyl (C=O) groups is 10. The zero-order chi connectivity index (χ0) is 88.4. The number of nitriles is 1. The molecule has 0 heterocycles. The molecule has 0 bridgehead atoms. The number of ether oxygens (including phenoxy) is 10. The monoisotopic (exact) mass is 4580 g/mol. The maximum atomic E-state index is 12.2. The molecule has 0 atom stereocenters. The van der Waals surface area contributed by atoms with Gasteiger partial charge in [0, 0.05) is 12.0 Å². The van der Waals surface area contributed by atoms with Crippen molar-refractivity contribution in [2.45, 2.75) is 85.9 Å². The number of alkyl halides is 3. The third kappa shape index (κ3) is 86.3. The van der Waals surface area contributed by atoms with E-state index in [2.05, 4.69) is 161 Å². The van der Waals surface area contributed by atoms with E-state index in [-0.39, 0.29) is 44.1 Å². The summed E-state index contributed by atoms with van der Waals surface area (Å²) in [7, 11) is 2.18. The fraction of sp³-hybridized carbons (Fsp3) is 0.184. The van der Waals surface area contributed by atoms with Crippen LogP contribution in [0.15, 0.2) is 269 Å². The first-order valence-corrected chi connectivity index (χ1v) is 32.9. The molecule has 5 aromatic carbocycles. The molecule has 1 aliphatic carbocycles. The van der Waals surface area contributed by atoms with E-state index in [1.165, 1.54) is 51.1 Å². The van der Waals surface area contributed by atoms with Gasteiger partial charge in [0.05, 0.1) is 25.9 Å². The number of hydrogen-bond donors (Lipinski definition) is 0. The molecule has 0 aliphatic heterocycles. The number of halogens is 8. The van der Waals surface area contributed by atoms with Crippen molar-refractivity contribution in [2.24, 2.45) is 0 Å². The maximum Gasteiger partial charge on any atom is 0.422 e. The second kappa shape index (κ2) is 94.9. The molecule has 1 fully saturated rings. The summed E-state index contributed by atoms with van der Waals surface area (Å²) < 4.78 is 124. The van der Waals surface area contributed by atoms with Gasteiger partial charge in [0.15, 0.2) is 0 Å². The minimum Gasteiger partial charge on any atom is -0.660 e. The van der Waals surface area contributed by atoms with Crippen molar-refractivity contribution in [3.05, 3.63) is 354 Å². The number of methoxy groups -OCH3 is 2. The van der Waals surface area contributed by atoms with Gasteiger partial charge < -0.3 is 81.6 Å². The number of rotatable bonds is 22. The van der Waals surface area contributed by atoms with Gasteiger partial charge in [-0.2, -0.15) is 130 Å². The zero-order valence-electron chi connectivity index (χ0n) is 74.1. The normalized spacial score (nSPS) is 8.85. The predicted molar refractivity (Wildman–Crippen MR) is 430 cm³/mol. The molecule has 127 heavy (non-hydrogen) atoms. The van der Waals surface area contributed by atoms with E-state index in [4.69, 9.17) is 31.1 Å². The smallest absolute Gasteiger partial charge is 0.422 e. The quantitative estimate of drug-likeness (QED) is 0.0155. The average molecular weight is 4580 g/mol. The third-order valence-corrected chi connectivity index (χ3v) is 11.5. The van der Waals surface area contributed by atoms with Crippen molar-refractivity contribution in [3.63, 3.8) is 0 Å². The van der Waals surface area contributed by atoms with Crippen LogP contribution in [0.3, 0.4) is 0 Å². The molecule has 0 amide bonds. The van der Waals surface area contributed by atoms with Gasteiger partial charge in [0.2, 0.25) is 23.3 Å². The van der Waals surface area contributed by atoms with E-state index in [0.29, 0.717) is 17.6 Å². The molecule has 6 rings (SSSR count). The second-order valence-corrected chi connectivity index (χ2v) is 20.2. The Kier molecular flexibility index (Phi) is 114. The Bertz CT molecular complexity index is 3720. The van der Waals surface area contributed by atoms with Crippen LogP contribution in [0.5, 0.6) is 0 Å². The fourth-order valence-electron chi connectivity index (χ4n) is 6.15. The van der Waals surface area contributed by atoms with Crippen LogP contribution >= 0.6 is 11.6 Å². The minimum atomic E-state index is -4.71. The first-order valence-electron chi connectivity index (χ1n) is 32.6. The average Bonchev–Trinajstić information content (AvgIpc) is 0.900. The van der Waals surface area contributed by atoms with E-state index in [9.17, 15) is 78.7 Å². The molecule has 0 spiro atoms. The largest absolute Gasteiger partial charge is 0.660 e. The summed E-state index contributed by atoms with van der Waals surface area (Å²) in [6, 6.07) is 53.3. The summed E-state index contributed by atoms with van der Waals surface area (Å²) in [5.41, 5.74) is 3.55. The van der Waals surface area contributed by atoms with Crippen LogP contribution in [0.2, 0.25) is 0 Å². The van der Waals surface area contributed by atoms with Crippen molar-refractivity contribution in [3.8, 4) is 17.2 Å². The molecule has 21 nitrogen and oxygen atoms in total. The third-order valence-electron chi connectivity index (χ3n) is 11.3. The maximum absolute atomic E-state index is 12.2. The molecule has 0 radical (unpaired) electrons. The number of carbonyl (C=O) groups excluding carboxylic acids is 10. The van der Waals surface area contributed by atoms with Crippen LogP contribution in [-0.4, -0.2) is 92.8 Å². The van der Waals surface area contributed by atoms with E-state index < -0.39 is 88.8 Å². The topological polar surface area (TPSA) is 287 Å². The Morgan fingerprint density at radius 1 is 0.457 bits per heavy atom. The summed E-state index contributed by atoms with van der Waals surface area (Å²) in [6.07, 6.45) is 3.37. The molecular formula is C87H98ClF7NO20Rf11-11. The summed E-state index contributed by atoms with van der Waals surface area (Å²) in [4.78, 5) is 104. The van der Waals surface area contributed by atoms with Crippen molar-refractivity contribution in [1.82, 2.24) is 0 Å². The first kappa shape index (κ1) is 152. The van der Waals surface area contributed by atoms with Crippen LogP contribution in [0, 0.1) is 85.2 Å². The van der Waals surface area contributed by atoms with Gasteiger partial charge >= 0.3 is 59.9 Å². The van der Waals surface area contributed by atoms with Gasteiger partial charge in [0.1, 0.15) is 28.2 Å². The molecule has 0 unspecified atom stereocenters. The molecule has 5 aromatic rings. The number of hydrogen-bond acceptors (Lipinski definition) is 21.